The average molecular weight is 963 g/mol. The second-order valence-electron chi connectivity index (χ2n) is 27.1. The zero-order chi connectivity index (χ0) is 49.4. The van der Waals surface area contributed by atoms with Crippen molar-refractivity contribution in [3.05, 3.63) is 137 Å². The summed E-state index contributed by atoms with van der Waals surface area (Å²) in [6.45, 7) is 34.0. The van der Waals surface area contributed by atoms with Crippen LogP contribution in [0.4, 0.5) is 11.4 Å². The van der Waals surface area contributed by atoms with Crippen LogP contribution >= 0.6 is 22.7 Å². The molecule has 0 unspecified atom stereocenters. The highest BCUT2D eigenvalue weighted by atomic mass is 32.1. The molecule has 2 aliphatic heterocycles. The maximum Gasteiger partial charge on any atom is 0.333 e. The van der Waals surface area contributed by atoms with Crippen molar-refractivity contribution in [1.29, 1.82) is 0 Å². The topological polar surface area (TPSA) is 8.17 Å². The molecule has 0 radical (unpaired) electrons. The molecule has 2 aliphatic carbocycles. The van der Waals surface area contributed by atoms with Gasteiger partial charge in [0.2, 0.25) is 0 Å². The number of hydrogen-bond acceptors (Lipinski definition) is 3. The quantitative estimate of drug-likeness (QED) is 0.149. The highest BCUT2D eigenvalue weighted by Crippen LogP contribution is 2.57. The first-order chi connectivity index (χ1) is 33.4. The lowest BCUT2D eigenvalue weighted by atomic mass is 9.43. The van der Waals surface area contributed by atoms with E-state index in [1.165, 1.54) is 160 Å². The number of aromatic nitrogens is 1. The van der Waals surface area contributed by atoms with E-state index in [0.29, 0.717) is 0 Å². The molecule has 0 spiro atoms. The highest BCUT2D eigenvalue weighted by molar-refractivity contribution is 7.27. The number of hydrogen-bond donors (Lipinski definition) is 0. The predicted molar refractivity (Wildman–Crippen MR) is 314 cm³/mol. The normalized spacial score (nSPS) is 18.5. The molecular formula is C66H67BN2S2. The Balaban J connectivity index is 1.21. The van der Waals surface area contributed by atoms with E-state index in [1.807, 2.05) is 22.7 Å². The second-order valence-corrected chi connectivity index (χ2v) is 29.2. The first kappa shape index (κ1) is 44.4. The van der Waals surface area contributed by atoms with E-state index in [2.05, 4.69) is 209 Å². The summed E-state index contributed by atoms with van der Waals surface area (Å²) in [7, 11) is 0. The number of nitrogens with zero attached hydrogens (tertiary/aromatic N) is 2. The number of thiophene rings is 2. The molecule has 0 atom stereocenters. The average Bonchev–Trinajstić information content (AvgIpc) is 3.99. The van der Waals surface area contributed by atoms with Crippen molar-refractivity contribution in [3.63, 3.8) is 0 Å². The first-order valence-corrected chi connectivity index (χ1v) is 28.2. The summed E-state index contributed by atoms with van der Waals surface area (Å²) in [6, 6.07) is 42.4. The van der Waals surface area contributed by atoms with Gasteiger partial charge in [-0.3, -0.25) is 0 Å². The zero-order valence-corrected chi connectivity index (χ0v) is 46.1. The van der Waals surface area contributed by atoms with E-state index in [1.54, 1.807) is 0 Å². The van der Waals surface area contributed by atoms with E-state index < -0.39 is 0 Å². The third-order valence-corrected chi connectivity index (χ3v) is 20.9. The summed E-state index contributed by atoms with van der Waals surface area (Å²) < 4.78 is 8.32. The molecule has 10 aromatic rings. The zero-order valence-electron chi connectivity index (χ0n) is 44.4. The second kappa shape index (κ2) is 13.8. The Morgan fingerprint density at radius 1 is 0.493 bits per heavy atom. The summed E-state index contributed by atoms with van der Waals surface area (Å²) in [5.74, 6) is 0. The van der Waals surface area contributed by atoms with Crippen LogP contribution in [0.3, 0.4) is 0 Å². The number of benzene rings is 7. The van der Waals surface area contributed by atoms with Crippen molar-refractivity contribution in [1.82, 2.24) is 4.57 Å². The Morgan fingerprint density at radius 3 is 1.70 bits per heavy atom. The van der Waals surface area contributed by atoms with Crippen molar-refractivity contribution in [2.75, 3.05) is 4.81 Å². The van der Waals surface area contributed by atoms with Crippen LogP contribution < -0.4 is 15.7 Å². The SMILES string of the molecule is CC(C)(C)c1ccc(N2B3c4cc(C(C)(C)C)ccc4-n4c5cc6c(cc5c5c7sc8ccccc8c7c(c3c54)-c3cc4c(cc32)sc2cc3c(cc24)C(C)(C)CCC3(C)C)C(C)(C)CCC6(C)C)cc1. The maximum absolute atomic E-state index is 2.79. The van der Waals surface area contributed by atoms with Gasteiger partial charge in [-0.25, -0.2) is 0 Å². The van der Waals surface area contributed by atoms with Crippen molar-refractivity contribution >= 4 is 114 Å². The van der Waals surface area contributed by atoms with Crippen molar-refractivity contribution < 1.29 is 0 Å². The standard InChI is InChI=1S/C66H67BN2S2/c1-61(2,3)36-19-22-38(23-20-36)69-51-35-54-40(41-31-44-47(34-53(41)70-54)66(13,14)28-26-63(44,7)8)30-42(51)55-56-39-17-15-16-18-52(39)71-60(56)57-43-32-45-46(65(11,12)27-25-64(45,9)10)33-50(43)68-49-24-21-37(62(4,5)6)29-48(49)67(69)58(55)59(57)68/h15-24,29-35H,25-28H2,1-14H3. The predicted octanol–water partition coefficient (Wildman–Crippen LogP) is 18.1. The number of fused-ring (bicyclic) bond motifs is 18. The van der Waals surface area contributed by atoms with Gasteiger partial charge < -0.3 is 9.38 Å². The van der Waals surface area contributed by atoms with Crippen LogP contribution in [0.25, 0.3) is 79.0 Å². The van der Waals surface area contributed by atoms with Crippen LogP contribution in [-0.4, -0.2) is 11.4 Å². The van der Waals surface area contributed by atoms with E-state index in [-0.39, 0.29) is 39.3 Å². The van der Waals surface area contributed by atoms with Gasteiger partial charge in [0.25, 0.3) is 0 Å². The monoisotopic (exact) mass is 962 g/mol. The van der Waals surface area contributed by atoms with Crippen LogP contribution in [0, 0.1) is 0 Å². The molecule has 3 aromatic heterocycles. The van der Waals surface area contributed by atoms with Crippen molar-refractivity contribution in [2.45, 2.75) is 155 Å². The van der Waals surface area contributed by atoms with Gasteiger partial charge in [0.1, 0.15) is 0 Å². The Morgan fingerprint density at radius 2 is 1.06 bits per heavy atom. The van der Waals surface area contributed by atoms with E-state index >= 15 is 0 Å². The van der Waals surface area contributed by atoms with Gasteiger partial charge in [-0.05, 0) is 169 Å². The molecule has 0 saturated heterocycles. The highest BCUT2D eigenvalue weighted by Gasteiger charge is 2.47. The summed E-state index contributed by atoms with van der Waals surface area (Å²) >= 11 is 4.02. The number of anilines is 2. The molecule has 0 saturated carbocycles. The van der Waals surface area contributed by atoms with Crippen LogP contribution in [-0.2, 0) is 32.5 Å². The maximum atomic E-state index is 2.79. The molecule has 356 valence electrons. The molecule has 14 rings (SSSR count). The minimum absolute atomic E-state index is 0.0360. The molecule has 5 heteroatoms. The lowest BCUT2D eigenvalue weighted by Gasteiger charge is -2.43. The van der Waals surface area contributed by atoms with Gasteiger partial charge in [0.15, 0.2) is 0 Å². The summed E-state index contributed by atoms with van der Waals surface area (Å²) in [4.78, 5) is 2.79. The molecule has 0 amide bonds. The number of rotatable bonds is 1. The lowest BCUT2D eigenvalue weighted by Crippen LogP contribution is -2.60. The van der Waals surface area contributed by atoms with Gasteiger partial charge in [-0.15, -0.1) is 22.7 Å². The third-order valence-electron chi connectivity index (χ3n) is 18.6. The fraction of sp³-hybridized carbons (Fsp3) is 0.364. The Bertz CT molecular complexity index is 4020. The molecule has 4 aliphatic rings. The molecule has 0 fully saturated rings. The summed E-state index contributed by atoms with van der Waals surface area (Å²) in [5, 5.41) is 8.42. The van der Waals surface area contributed by atoms with Gasteiger partial charge in [-0.1, -0.05) is 139 Å². The van der Waals surface area contributed by atoms with Crippen LogP contribution in [0.2, 0.25) is 0 Å². The van der Waals surface area contributed by atoms with Crippen LogP contribution in [0.15, 0.2) is 103 Å². The van der Waals surface area contributed by atoms with E-state index in [0.717, 1.165) is 0 Å². The van der Waals surface area contributed by atoms with Crippen LogP contribution in [0.5, 0.6) is 0 Å². The largest absolute Gasteiger partial charge is 0.376 e. The van der Waals surface area contributed by atoms with Crippen molar-refractivity contribution in [3.8, 4) is 16.8 Å². The lowest BCUT2D eigenvalue weighted by molar-refractivity contribution is 0.332. The summed E-state index contributed by atoms with van der Waals surface area (Å²) in [5.41, 5.74) is 21.5. The van der Waals surface area contributed by atoms with Gasteiger partial charge in [0, 0.05) is 73.7 Å². The minimum atomic E-state index is -0.0686. The summed E-state index contributed by atoms with van der Waals surface area (Å²) in [6.07, 6.45) is 4.79. The Kier molecular flexibility index (Phi) is 8.63. The minimum Gasteiger partial charge on any atom is -0.376 e. The fourth-order valence-electron chi connectivity index (χ4n) is 14.0. The van der Waals surface area contributed by atoms with Gasteiger partial charge >= 0.3 is 6.85 Å². The molecule has 5 heterocycles. The first-order valence-electron chi connectivity index (χ1n) is 26.5. The van der Waals surface area contributed by atoms with E-state index in [4.69, 9.17) is 0 Å². The van der Waals surface area contributed by atoms with Gasteiger partial charge in [-0.2, -0.15) is 0 Å². The molecule has 7 aromatic carbocycles. The third kappa shape index (κ3) is 5.94. The Labute approximate surface area is 429 Å². The molecule has 2 nitrogen and oxygen atoms in total. The smallest absolute Gasteiger partial charge is 0.333 e. The Hall–Kier alpha value is -5.36. The molecular weight excluding hydrogens is 896 g/mol. The molecule has 0 bridgehead atoms. The molecule has 71 heavy (non-hydrogen) atoms. The van der Waals surface area contributed by atoms with Gasteiger partial charge in [0.05, 0.1) is 11.0 Å². The van der Waals surface area contributed by atoms with Crippen molar-refractivity contribution in [2.24, 2.45) is 0 Å². The molecule has 0 N–H and O–H groups in total. The van der Waals surface area contributed by atoms with E-state index in [9.17, 15) is 0 Å². The fourth-order valence-corrected chi connectivity index (χ4v) is 16.5. The van der Waals surface area contributed by atoms with Crippen LogP contribution in [0.1, 0.15) is 156 Å².